The van der Waals surface area contributed by atoms with E-state index in [9.17, 15) is 44.1 Å². The van der Waals surface area contributed by atoms with Crippen LogP contribution in [0.1, 0.15) is 34.5 Å². The molecule has 1 unspecified atom stereocenters. The number of carboxylic acid groups (broad SMARTS) is 3. The molecule has 3 heterocycles. The Bertz CT molecular complexity index is 2320. The lowest BCUT2D eigenvalue weighted by atomic mass is 10.0. The van der Waals surface area contributed by atoms with Gasteiger partial charge in [-0.05, 0) is 74.1 Å². The van der Waals surface area contributed by atoms with E-state index in [0.717, 1.165) is 5.56 Å². The first-order valence-electron chi connectivity index (χ1n) is 20.0. The number of amides is 2. The number of benzene rings is 2. The zero-order chi connectivity index (χ0) is 45.5. The number of carboxylic acids is 3. The van der Waals surface area contributed by atoms with Crippen molar-refractivity contribution < 1.29 is 39.3 Å². The average Bonchev–Trinajstić information content (AvgIpc) is 3.29. The van der Waals surface area contributed by atoms with Crippen molar-refractivity contribution in [1.82, 2.24) is 50.6 Å². The number of H-pyrrole nitrogens is 1. The zero-order valence-corrected chi connectivity index (χ0v) is 35.3. The fourth-order valence-electron chi connectivity index (χ4n) is 6.77. The van der Waals surface area contributed by atoms with Crippen molar-refractivity contribution in [3.63, 3.8) is 0 Å². The van der Waals surface area contributed by atoms with Crippen LogP contribution in [0, 0.1) is 0 Å². The monoisotopic (exact) mass is 889 g/mol. The molecule has 0 saturated carbocycles. The molecule has 5 rings (SSSR count). The number of aromatic amines is 1. The minimum absolute atomic E-state index is 0.0425. The van der Waals surface area contributed by atoms with Gasteiger partial charge in [0.05, 0.1) is 31.5 Å². The molecule has 4 aromatic rings. The van der Waals surface area contributed by atoms with Gasteiger partial charge in [0, 0.05) is 75.2 Å². The molecule has 22 nitrogen and oxygen atoms in total. The number of carbonyl (C=O) groups excluding carboxylic acids is 2. The normalized spacial score (nSPS) is 15.5. The van der Waals surface area contributed by atoms with Crippen molar-refractivity contribution in [3.8, 4) is 0 Å². The molecule has 2 aromatic heterocycles. The van der Waals surface area contributed by atoms with E-state index in [1.54, 1.807) is 12.1 Å². The smallest absolute Gasteiger partial charge is 0.326 e. The quantitative estimate of drug-likeness (QED) is 0.0423. The van der Waals surface area contributed by atoms with Gasteiger partial charge in [-0.3, -0.25) is 38.8 Å². The third-order valence-electron chi connectivity index (χ3n) is 10.0. The molecular weight excluding hydrogens is 839 g/mol. The molecule has 0 bridgehead atoms. The number of nitrogen functional groups attached to an aromatic ring is 1. The summed E-state index contributed by atoms with van der Waals surface area (Å²) in [6.45, 7) is 3.11. The van der Waals surface area contributed by atoms with Crippen LogP contribution in [0.25, 0.3) is 11.2 Å². The predicted molar refractivity (Wildman–Crippen MR) is 236 cm³/mol. The molecule has 1 aliphatic heterocycles. The van der Waals surface area contributed by atoms with Crippen LogP contribution in [0.4, 0.5) is 17.3 Å². The van der Waals surface area contributed by atoms with E-state index in [1.165, 1.54) is 18.3 Å². The molecule has 0 spiro atoms. The van der Waals surface area contributed by atoms with Crippen molar-refractivity contribution in [2.24, 2.45) is 0 Å². The highest BCUT2D eigenvalue weighted by Gasteiger charge is 2.26. The summed E-state index contributed by atoms with van der Waals surface area (Å²) >= 11 is 5.41. The Kier molecular flexibility index (Phi) is 17.1. The Labute approximate surface area is 366 Å². The Morgan fingerprint density at radius 2 is 1.59 bits per heavy atom. The van der Waals surface area contributed by atoms with Gasteiger partial charge in [0.15, 0.2) is 16.3 Å². The first kappa shape index (κ1) is 47.2. The van der Waals surface area contributed by atoms with Gasteiger partial charge in [-0.1, -0.05) is 12.1 Å². The van der Waals surface area contributed by atoms with E-state index in [4.69, 9.17) is 18.0 Å². The van der Waals surface area contributed by atoms with Gasteiger partial charge >= 0.3 is 17.9 Å². The maximum Gasteiger partial charge on any atom is 0.326 e. The minimum atomic E-state index is -1.32. The van der Waals surface area contributed by atoms with Crippen LogP contribution in [-0.2, 0) is 32.1 Å². The largest absolute Gasteiger partial charge is 0.480 e. The number of aliphatic carboxylic acids is 3. The number of fused-ring (bicyclic) bond motifs is 1. The van der Waals surface area contributed by atoms with E-state index in [-0.39, 0.29) is 74.3 Å². The summed E-state index contributed by atoms with van der Waals surface area (Å²) in [6.07, 6.45) is 1.73. The van der Waals surface area contributed by atoms with Crippen molar-refractivity contribution in [1.29, 1.82) is 0 Å². The Morgan fingerprint density at radius 3 is 2.29 bits per heavy atom. The summed E-state index contributed by atoms with van der Waals surface area (Å²) in [5, 5.41) is 43.3. The second kappa shape index (κ2) is 22.9. The van der Waals surface area contributed by atoms with Crippen LogP contribution in [0.15, 0.2) is 59.5 Å². The van der Waals surface area contributed by atoms with E-state index in [0.29, 0.717) is 61.3 Å². The molecule has 1 aliphatic rings. The summed E-state index contributed by atoms with van der Waals surface area (Å²) in [6, 6.07) is 12.4. The summed E-state index contributed by atoms with van der Waals surface area (Å²) < 4.78 is 0. The molecular formula is C40H51N13O9S. The highest BCUT2D eigenvalue weighted by atomic mass is 32.1. The number of rotatable bonds is 19. The third-order valence-corrected chi connectivity index (χ3v) is 10.3. The van der Waals surface area contributed by atoms with Gasteiger partial charge in [0.25, 0.3) is 11.5 Å². The lowest BCUT2D eigenvalue weighted by molar-refractivity contribution is -0.140. The SMILES string of the molecule is CN1CCN(CC(=O)O)CCN(CC(=O)O)C(Cc2ccc(NC(=S)NCCNC(=O)CC[C@H](NC(=O)c3ccc(NCc4cnc5nc(N)[nH]c(=O)c5n4)cc3)C(=O)O)cc2)C1. The minimum Gasteiger partial charge on any atom is -0.480 e. The summed E-state index contributed by atoms with van der Waals surface area (Å²) in [5.41, 5.74) is 8.17. The zero-order valence-electron chi connectivity index (χ0n) is 34.5. The number of thiocarbonyl (C=S) groups is 1. The molecule has 0 radical (unpaired) electrons. The van der Waals surface area contributed by atoms with Gasteiger partial charge in [0.2, 0.25) is 11.9 Å². The standard InChI is InChI=1S/C40H51N13O9S/c1-51-14-15-52(22-32(55)56)16-17-53(23-33(57)58)29(21-51)18-24-2-6-27(7-3-24)47-40(63)43-13-12-42-31(54)11-10-30(38(61)62)48-36(59)25-4-8-26(9-5-25)44-19-28-20-45-35-34(46-28)37(60)50-39(41)49-35/h2-9,20,29-30,44H,10-19,21-23H2,1H3,(H,42,54)(H,48,59)(H,55,56)(H,57,58)(H,61,62)(H2,43,47,63)(H3,41,45,49,50,60)/t29?,30-/m0/s1. The molecule has 336 valence electrons. The molecule has 1 saturated heterocycles. The van der Waals surface area contributed by atoms with Crippen LogP contribution in [-0.4, -0.2) is 163 Å². The van der Waals surface area contributed by atoms with E-state index in [1.807, 2.05) is 41.1 Å². The predicted octanol–water partition coefficient (Wildman–Crippen LogP) is -0.397. The molecule has 1 fully saturated rings. The lowest BCUT2D eigenvalue weighted by Crippen LogP contribution is -2.47. The Morgan fingerprint density at radius 1 is 0.905 bits per heavy atom. The summed E-state index contributed by atoms with van der Waals surface area (Å²) in [7, 11) is 1.94. The molecule has 11 N–H and O–H groups in total. The van der Waals surface area contributed by atoms with Crippen LogP contribution in [0.3, 0.4) is 0 Å². The number of nitrogens with one attached hydrogen (secondary N) is 6. The average molecular weight is 890 g/mol. The van der Waals surface area contributed by atoms with E-state index < -0.39 is 41.3 Å². The van der Waals surface area contributed by atoms with Crippen LogP contribution in [0.2, 0.25) is 0 Å². The van der Waals surface area contributed by atoms with Crippen molar-refractivity contribution in [2.75, 3.05) is 82.3 Å². The number of carbonyl (C=O) groups is 5. The number of nitrogens with two attached hydrogens (primary N) is 1. The number of likely N-dealkylation sites (N-methyl/N-ethyl adjacent to an activating group) is 1. The fraction of sp³-hybridized carbons (Fsp3) is 0.400. The first-order chi connectivity index (χ1) is 30.1. The molecule has 23 heteroatoms. The Hall–Kier alpha value is -6.82. The third kappa shape index (κ3) is 15.2. The first-order valence-corrected chi connectivity index (χ1v) is 20.4. The van der Waals surface area contributed by atoms with Gasteiger partial charge in [-0.2, -0.15) is 4.98 Å². The Balaban J connectivity index is 1.00. The molecule has 2 atom stereocenters. The van der Waals surface area contributed by atoms with E-state index in [2.05, 4.69) is 51.4 Å². The van der Waals surface area contributed by atoms with Gasteiger partial charge in [-0.25, -0.2) is 14.8 Å². The fourth-order valence-corrected chi connectivity index (χ4v) is 6.99. The topological polar surface area (TPSA) is 313 Å². The van der Waals surface area contributed by atoms with Crippen molar-refractivity contribution in [2.45, 2.75) is 37.9 Å². The number of aromatic nitrogens is 4. The number of hydrogen-bond donors (Lipinski definition) is 10. The molecule has 0 aliphatic carbocycles. The van der Waals surface area contributed by atoms with Crippen LogP contribution >= 0.6 is 12.2 Å². The molecule has 2 amide bonds. The number of nitrogens with zero attached hydrogens (tertiary/aromatic N) is 6. The highest BCUT2D eigenvalue weighted by Crippen LogP contribution is 2.17. The van der Waals surface area contributed by atoms with Crippen LogP contribution in [0.5, 0.6) is 0 Å². The van der Waals surface area contributed by atoms with Crippen molar-refractivity contribution >= 4 is 75.5 Å². The van der Waals surface area contributed by atoms with Crippen molar-refractivity contribution in [3.05, 3.63) is 81.9 Å². The van der Waals surface area contributed by atoms with Gasteiger partial charge in [-0.15, -0.1) is 0 Å². The maximum atomic E-state index is 12.9. The second-order valence-electron chi connectivity index (χ2n) is 14.9. The number of anilines is 3. The highest BCUT2D eigenvalue weighted by molar-refractivity contribution is 7.80. The summed E-state index contributed by atoms with van der Waals surface area (Å²) in [5.74, 6) is -4.27. The van der Waals surface area contributed by atoms with Gasteiger partial charge in [0.1, 0.15) is 6.04 Å². The van der Waals surface area contributed by atoms with Gasteiger partial charge < -0.3 is 52.5 Å². The summed E-state index contributed by atoms with van der Waals surface area (Å²) in [4.78, 5) is 93.0. The lowest BCUT2D eigenvalue weighted by Gasteiger charge is -2.32. The molecule has 63 heavy (non-hydrogen) atoms. The van der Waals surface area contributed by atoms with Crippen LogP contribution < -0.4 is 37.9 Å². The van der Waals surface area contributed by atoms with E-state index >= 15 is 0 Å². The second-order valence-corrected chi connectivity index (χ2v) is 15.3. The number of hydrogen-bond acceptors (Lipinski definition) is 15. The maximum absolute atomic E-state index is 12.9. The molecule has 2 aromatic carbocycles.